The van der Waals surface area contributed by atoms with Crippen LogP contribution in [0.3, 0.4) is 0 Å². The maximum Gasteiger partial charge on any atom is 0.337 e. The average Bonchev–Trinajstić information content (AvgIpc) is 3.01. The lowest BCUT2D eigenvalue weighted by Crippen LogP contribution is -2.53. The molecule has 1 saturated heterocycles. The van der Waals surface area contributed by atoms with E-state index in [2.05, 4.69) is 16.0 Å². The van der Waals surface area contributed by atoms with E-state index in [1.165, 1.54) is 25.3 Å². The number of benzene rings is 2. The number of ether oxygens (including phenoxy) is 1. The normalized spacial score (nSPS) is 16.2. The van der Waals surface area contributed by atoms with Gasteiger partial charge in [0.05, 0.1) is 18.6 Å². The quantitative estimate of drug-likeness (QED) is 0.312. The summed E-state index contributed by atoms with van der Waals surface area (Å²) in [5.74, 6) is -3.34. The molecule has 0 aromatic heterocycles. The minimum Gasteiger partial charge on any atom is -0.496 e. The Balaban J connectivity index is 1.75. The van der Waals surface area contributed by atoms with Gasteiger partial charge in [-0.3, -0.25) is 19.3 Å². The summed E-state index contributed by atoms with van der Waals surface area (Å²) in [5, 5.41) is 17.3. The number of nitrogens with two attached hydrogens (primary N) is 1. The van der Waals surface area contributed by atoms with Crippen molar-refractivity contribution in [3.63, 3.8) is 0 Å². The molecule has 38 heavy (non-hydrogen) atoms. The third-order valence-electron chi connectivity index (χ3n) is 5.99. The van der Waals surface area contributed by atoms with Crippen LogP contribution in [0.25, 0.3) is 0 Å². The van der Waals surface area contributed by atoms with Crippen LogP contribution in [0.2, 0.25) is 5.02 Å². The molecule has 2 aromatic rings. The number of halogens is 1. The predicted octanol–water partition coefficient (Wildman–Crippen LogP) is 1.87. The molecule has 0 bridgehead atoms. The van der Waals surface area contributed by atoms with E-state index in [9.17, 15) is 29.1 Å². The standard InChI is InChI=1S/C25H28ClN5O7/c1-3-19(22(33)29-16-5-6-18(27)17(10-16)24(35)36)30-25(37)31-12-21(32)28-11-14(23(31)34)8-13-9-15(26)4-7-20(13)38-2/h4-7,9-10,14,19H,3,8,11-12,27H2,1-2H3,(H,28,32)(H,29,33)(H,30,37)(H,35,36)/t14?,19-/m1/s1. The SMILES string of the molecule is CC[C@@H](NC(=O)N1CC(=O)NCC(Cc2cc(Cl)ccc2OC)C1=O)C(=O)Nc1ccc(N)c(C(=O)O)c1. The van der Waals surface area contributed by atoms with E-state index in [-0.39, 0.29) is 36.3 Å². The van der Waals surface area contributed by atoms with Gasteiger partial charge in [-0.15, -0.1) is 0 Å². The van der Waals surface area contributed by atoms with Gasteiger partial charge in [0.25, 0.3) is 0 Å². The molecule has 0 saturated carbocycles. The van der Waals surface area contributed by atoms with Gasteiger partial charge in [-0.25, -0.2) is 9.59 Å². The van der Waals surface area contributed by atoms with Gasteiger partial charge >= 0.3 is 12.0 Å². The summed E-state index contributed by atoms with van der Waals surface area (Å²) in [5.41, 5.74) is 6.27. The van der Waals surface area contributed by atoms with Gasteiger partial charge in [0, 0.05) is 22.9 Å². The smallest absolute Gasteiger partial charge is 0.337 e. The van der Waals surface area contributed by atoms with Gasteiger partial charge in [-0.05, 0) is 54.8 Å². The molecule has 1 fully saturated rings. The third-order valence-corrected chi connectivity index (χ3v) is 6.23. The van der Waals surface area contributed by atoms with E-state index < -0.39 is 48.2 Å². The fourth-order valence-corrected chi connectivity index (χ4v) is 4.15. The number of amides is 5. The Kier molecular flexibility index (Phi) is 9.13. The summed E-state index contributed by atoms with van der Waals surface area (Å²) < 4.78 is 5.34. The Morgan fingerprint density at radius 3 is 2.63 bits per heavy atom. The first-order valence-corrected chi connectivity index (χ1v) is 12.1. The molecule has 2 aromatic carbocycles. The second-order valence-electron chi connectivity index (χ2n) is 8.59. The van der Waals surface area contributed by atoms with Crippen LogP contribution >= 0.6 is 11.6 Å². The number of imide groups is 1. The lowest BCUT2D eigenvalue weighted by molar-refractivity contribution is -0.133. The van der Waals surface area contributed by atoms with E-state index >= 15 is 0 Å². The van der Waals surface area contributed by atoms with Gasteiger partial charge in [0.1, 0.15) is 18.3 Å². The molecule has 1 heterocycles. The highest BCUT2D eigenvalue weighted by Crippen LogP contribution is 2.26. The number of methoxy groups -OCH3 is 1. The molecule has 0 radical (unpaired) electrons. The zero-order chi connectivity index (χ0) is 28.0. The first-order chi connectivity index (χ1) is 18.0. The minimum absolute atomic E-state index is 0.00213. The zero-order valence-corrected chi connectivity index (χ0v) is 21.5. The molecule has 202 valence electrons. The van der Waals surface area contributed by atoms with Gasteiger partial charge < -0.3 is 31.5 Å². The van der Waals surface area contributed by atoms with Crippen molar-refractivity contribution in [2.45, 2.75) is 25.8 Å². The molecule has 6 N–H and O–H groups in total. The maximum atomic E-state index is 13.3. The molecule has 0 aliphatic carbocycles. The van der Waals surface area contributed by atoms with E-state index in [1.807, 2.05) is 0 Å². The average molecular weight is 546 g/mol. The summed E-state index contributed by atoms with van der Waals surface area (Å²) in [4.78, 5) is 63.6. The van der Waals surface area contributed by atoms with E-state index in [0.717, 1.165) is 4.90 Å². The zero-order valence-electron chi connectivity index (χ0n) is 20.7. The minimum atomic E-state index is -1.26. The fourth-order valence-electron chi connectivity index (χ4n) is 3.95. The highest BCUT2D eigenvalue weighted by atomic mass is 35.5. The van der Waals surface area contributed by atoms with E-state index in [4.69, 9.17) is 22.1 Å². The van der Waals surface area contributed by atoms with Crippen LogP contribution in [0, 0.1) is 5.92 Å². The van der Waals surface area contributed by atoms with Gasteiger partial charge in [-0.1, -0.05) is 18.5 Å². The summed E-state index contributed by atoms with van der Waals surface area (Å²) in [7, 11) is 1.48. The highest BCUT2D eigenvalue weighted by molar-refractivity contribution is 6.30. The largest absolute Gasteiger partial charge is 0.496 e. The van der Waals surface area contributed by atoms with E-state index in [0.29, 0.717) is 16.3 Å². The number of nitrogens with one attached hydrogen (secondary N) is 3. The van der Waals surface area contributed by atoms with Crippen molar-refractivity contribution in [3.8, 4) is 5.75 Å². The van der Waals surface area contributed by atoms with Crippen molar-refractivity contribution < 1.29 is 33.8 Å². The lowest BCUT2D eigenvalue weighted by Gasteiger charge is -2.25. The number of nitrogens with zero attached hydrogens (tertiary/aromatic N) is 1. The van der Waals surface area contributed by atoms with Crippen molar-refractivity contribution >= 4 is 52.7 Å². The molecular formula is C25H28ClN5O7. The topological polar surface area (TPSA) is 180 Å². The molecule has 1 aliphatic rings. The number of rotatable bonds is 8. The molecule has 0 spiro atoms. The number of hydrogen-bond donors (Lipinski definition) is 5. The number of anilines is 2. The number of urea groups is 1. The first-order valence-electron chi connectivity index (χ1n) is 11.7. The Morgan fingerprint density at radius 2 is 1.97 bits per heavy atom. The molecule has 13 heteroatoms. The van der Waals surface area contributed by atoms with Crippen LogP contribution < -0.4 is 26.4 Å². The Hall–Kier alpha value is -4.32. The van der Waals surface area contributed by atoms with Crippen LogP contribution in [0.4, 0.5) is 16.2 Å². The first kappa shape index (κ1) is 28.3. The number of nitrogen functional groups attached to an aromatic ring is 1. The summed E-state index contributed by atoms with van der Waals surface area (Å²) in [6.45, 7) is 1.12. The van der Waals surface area contributed by atoms with Gasteiger partial charge in [-0.2, -0.15) is 0 Å². The highest BCUT2D eigenvalue weighted by Gasteiger charge is 2.35. The maximum absolute atomic E-state index is 13.3. The van der Waals surface area contributed by atoms with Gasteiger partial charge in [0.15, 0.2) is 0 Å². The molecule has 12 nitrogen and oxygen atoms in total. The Labute approximate surface area is 223 Å². The Morgan fingerprint density at radius 1 is 1.24 bits per heavy atom. The van der Waals surface area contributed by atoms with Crippen LogP contribution in [-0.4, -0.2) is 66.0 Å². The van der Waals surface area contributed by atoms with Crippen LogP contribution in [0.15, 0.2) is 36.4 Å². The number of carbonyl (C=O) groups excluding carboxylic acids is 4. The van der Waals surface area contributed by atoms with Crippen molar-refractivity contribution in [1.29, 1.82) is 0 Å². The summed E-state index contributed by atoms with van der Waals surface area (Å²) in [6, 6.07) is 6.90. The number of carboxylic acids is 1. The fraction of sp³-hybridized carbons (Fsp3) is 0.320. The third kappa shape index (κ3) is 6.71. The lowest BCUT2D eigenvalue weighted by atomic mass is 9.97. The Bertz CT molecular complexity index is 1270. The molecule has 3 rings (SSSR count). The van der Waals surface area contributed by atoms with Crippen molar-refractivity contribution in [1.82, 2.24) is 15.5 Å². The van der Waals surface area contributed by atoms with Crippen LogP contribution in [0.5, 0.6) is 5.75 Å². The molecule has 1 aliphatic heterocycles. The number of hydrogen-bond acceptors (Lipinski definition) is 7. The number of aromatic carboxylic acids is 1. The second-order valence-corrected chi connectivity index (χ2v) is 9.03. The molecule has 2 atom stereocenters. The monoisotopic (exact) mass is 545 g/mol. The van der Waals surface area contributed by atoms with Crippen LogP contribution in [0.1, 0.15) is 29.3 Å². The second kappa shape index (κ2) is 12.3. The van der Waals surface area contributed by atoms with Crippen molar-refractivity contribution in [2.24, 2.45) is 5.92 Å². The number of carbonyl (C=O) groups is 5. The van der Waals surface area contributed by atoms with Crippen molar-refractivity contribution in [3.05, 3.63) is 52.5 Å². The van der Waals surface area contributed by atoms with Crippen molar-refractivity contribution in [2.75, 3.05) is 31.2 Å². The summed E-state index contributed by atoms with van der Waals surface area (Å²) >= 11 is 6.10. The van der Waals surface area contributed by atoms with Crippen LogP contribution in [-0.2, 0) is 20.8 Å². The molecule has 1 unspecified atom stereocenters. The van der Waals surface area contributed by atoms with E-state index in [1.54, 1.807) is 25.1 Å². The van der Waals surface area contributed by atoms with Gasteiger partial charge in [0.2, 0.25) is 17.7 Å². The predicted molar refractivity (Wildman–Crippen MR) is 139 cm³/mol. The summed E-state index contributed by atoms with van der Waals surface area (Å²) in [6.07, 6.45) is 0.295. The number of carboxylic acid groups (broad SMARTS) is 1. The molecule has 5 amide bonds. The molecular weight excluding hydrogens is 518 g/mol.